The second kappa shape index (κ2) is 9.15. The van der Waals surface area contributed by atoms with Crippen LogP contribution in [-0.4, -0.2) is 21.4 Å². The highest BCUT2D eigenvalue weighted by molar-refractivity contribution is 5.89. The normalized spacial score (nSPS) is 14.2. The van der Waals surface area contributed by atoms with E-state index in [0.29, 0.717) is 13.0 Å². The molecule has 0 saturated carbocycles. The van der Waals surface area contributed by atoms with Crippen molar-refractivity contribution in [2.45, 2.75) is 38.4 Å². The summed E-state index contributed by atoms with van der Waals surface area (Å²) >= 11 is 0. The van der Waals surface area contributed by atoms with Crippen molar-refractivity contribution in [3.63, 3.8) is 0 Å². The van der Waals surface area contributed by atoms with Crippen molar-refractivity contribution in [1.29, 1.82) is 0 Å². The third-order valence-corrected chi connectivity index (χ3v) is 6.38. The zero-order valence-corrected chi connectivity index (χ0v) is 19.3. The molecule has 2 unspecified atom stereocenters. The number of aromatic amines is 1. The lowest BCUT2D eigenvalue weighted by Gasteiger charge is -2.31. The smallest absolute Gasteiger partial charge is 0.240 e. The number of aromatic nitrogens is 2. The Hall–Kier alpha value is -3.90. The first-order valence-corrected chi connectivity index (χ1v) is 11.5. The first-order chi connectivity index (χ1) is 16.5. The van der Waals surface area contributed by atoms with Crippen LogP contribution in [0.2, 0.25) is 0 Å². The van der Waals surface area contributed by atoms with Gasteiger partial charge in [0.1, 0.15) is 11.3 Å². The van der Waals surface area contributed by atoms with E-state index >= 15 is 0 Å². The van der Waals surface area contributed by atoms with Crippen molar-refractivity contribution in [3.05, 3.63) is 102 Å². The Morgan fingerprint density at radius 2 is 1.94 bits per heavy atom. The second-order valence-corrected chi connectivity index (χ2v) is 8.95. The minimum Gasteiger partial charge on any atom is -0.460 e. The molecule has 6 heteroatoms. The fraction of sp³-hybridized carbons (Fsp3) is 0.214. The maximum atomic E-state index is 13.7. The third kappa shape index (κ3) is 4.45. The molecule has 1 amide bonds. The van der Waals surface area contributed by atoms with E-state index < -0.39 is 5.54 Å². The van der Waals surface area contributed by atoms with Crippen molar-refractivity contribution >= 4 is 27.8 Å². The number of nitrogens with zero attached hydrogens (tertiary/aromatic N) is 1. The Kier molecular flexibility index (Phi) is 5.90. The van der Waals surface area contributed by atoms with Gasteiger partial charge in [-0.05, 0) is 49.2 Å². The maximum absolute atomic E-state index is 13.7. The lowest BCUT2D eigenvalue weighted by Crippen LogP contribution is -2.56. The number of rotatable bonds is 8. The molecule has 2 aromatic carbocycles. The first-order valence-electron chi connectivity index (χ1n) is 11.5. The quantitative estimate of drug-likeness (QED) is 0.299. The van der Waals surface area contributed by atoms with Crippen molar-refractivity contribution < 1.29 is 9.21 Å². The molecule has 0 aliphatic carbocycles. The second-order valence-electron chi connectivity index (χ2n) is 8.95. The molecule has 0 radical (unpaired) electrons. The van der Waals surface area contributed by atoms with Gasteiger partial charge < -0.3 is 14.7 Å². The van der Waals surface area contributed by atoms with Crippen LogP contribution in [0.4, 0.5) is 0 Å². The van der Waals surface area contributed by atoms with Crippen LogP contribution in [0.3, 0.4) is 0 Å². The summed E-state index contributed by atoms with van der Waals surface area (Å²) in [6, 6.07) is 21.8. The van der Waals surface area contributed by atoms with E-state index in [-0.39, 0.29) is 11.9 Å². The highest BCUT2D eigenvalue weighted by atomic mass is 16.3. The van der Waals surface area contributed by atoms with Crippen LogP contribution in [0.15, 0.2) is 89.7 Å². The number of para-hydroxylation sites is 2. The van der Waals surface area contributed by atoms with Gasteiger partial charge in [0, 0.05) is 41.3 Å². The highest BCUT2D eigenvalue weighted by Crippen LogP contribution is 2.25. The molecule has 0 aliphatic rings. The van der Waals surface area contributed by atoms with Crippen LogP contribution >= 0.6 is 0 Å². The molecule has 2 atom stereocenters. The number of H-pyrrole nitrogens is 1. The summed E-state index contributed by atoms with van der Waals surface area (Å²) < 4.78 is 5.99. The lowest BCUT2D eigenvalue weighted by molar-refractivity contribution is -0.127. The molecular formula is C28H28N4O2. The summed E-state index contributed by atoms with van der Waals surface area (Å²) in [4.78, 5) is 21.2. The summed E-state index contributed by atoms with van der Waals surface area (Å²) in [5.41, 5.74) is 3.07. The topological polar surface area (TPSA) is 83.0 Å². The van der Waals surface area contributed by atoms with Gasteiger partial charge >= 0.3 is 0 Å². The van der Waals surface area contributed by atoms with E-state index in [0.717, 1.165) is 38.8 Å². The molecule has 3 N–H and O–H groups in total. The minimum atomic E-state index is -0.875. The molecule has 6 nitrogen and oxygen atoms in total. The Morgan fingerprint density at radius 1 is 1.12 bits per heavy atom. The van der Waals surface area contributed by atoms with Crippen molar-refractivity contribution in [2.24, 2.45) is 0 Å². The van der Waals surface area contributed by atoms with E-state index in [1.165, 1.54) is 0 Å². The van der Waals surface area contributed by atoms with Gasteiger partial charge in [-0.1, -0.05) is 42.5 Å². The molecule has 172 valence electrons. The van der Waals surface area contributed by atoms with Gasteiger partial charge in [-0.2, -0.15) is 0 Å². The summed E-state index contributed by atoms with van der Waals surface area (Å²) in [6.45, 7) is 4.35. The van der Waals surface area contributed by atoms with E-state index in [9.17, 15) is 4.79 Å². The van der Waals surface area contributed by atoms with Crippen LogP contribution in [0.5, 0.6) is 0 Å². The molecule has 0 spiro atoms. The number of hydrogen-bond donors (Lipinski definition) is 3. The maximum Gasteiger partial charge on any atom is 0.240 e. The van der Waals surface area contributed by atoms with Gasteiger partial charge in [0.2, 0.25) is 5.91 Å². The Bertz CT molecular complexity index is 1390. The van der Waals surface area contributed by atoms with Gasteiger partial charge in [0.05, 0.1) is 18.1 Å². The fourth-order valence-electron chi connectivity index (χ4n) is 4.36. The number of nitrogens with one attached hydrogen (secondary N) is 3. The molecular weight excluding hydrogens is 424 g/mol. The van der Waals surface area contributed by atoms with Gasteiger partial charge in [0.15, 0.2) is 0 Å². The van der Waals surface area contributed by atoms with Crippen LogP contribution in [0.25, 0.3) is 21.9 Å². The van der Waals surface area contributed by atoms with Crippen LogP contribution in [0.1, 0.15) is 36.8 Å². The number of carbonyl (C=O) groups excluding carboxylic acids is 1. The molecule has 3 aromatic heterocycles. The number of fused-ring (bicyclic) bond motifs is 2. The molecule has 0 fully saturated rings. The number of pyridine rings is 1. The lowest BCUT2D eigenvalue weighted by atomic mass is 9.90. The average Bonchev–Trinajstić information content (AvgIpc) is 3.47. The monoisotopic (exact) mass is 452 g/mol. The zero-order valence-electron chi connectivity index (χ0n) is 19.3. The van der Waals surface area contributed by atoms with Crippen molar-refractivity contribution in [1.82, 2.24) is 20.6 Å². The fourth-order valence-corrected chi connectivity index (χ4v) is 4.36. The third-order valence-electron chi connectivity index (χ3n) is 6.38. The van der Waals surface area contributed by atoms with Gasteiger partial charge in [-0.15, -0.1) is 0 Å². The summed E-state index contributed by atoms with van der Waals surface area (Å²) in [7, 11) is 0. The molecule has 5 aromatic rings. The van der Waals surface area contributed by atoms with Crippen LogP contribution in [0, 0.1) is 0 Å². The highest BCUT2D eigenvalue weighted by Gasteiger charge is 2.35. The number of furan rings is 1. The largest absolute Gasteiger partial charge is 0.460 e. The number of amides is 1. The first kappa shape index (κ1) is 21.9. The number of hydrogen-bond acceptors (Lipinski definition) is 4. The Morgan fingerprint density at radius 3 is 2.76 bits per heavy atom. The van der Waals surface area contributed by atoms with Crippen molar-refractivity contribution in [2.75, 3.05) is 0 Å². The van der Waals surface area contributed by atoms with E-state index in [4.69, 9.17) is 4.42 Å². The van der Waals surface area contributed by atoms with Crippen LogP contribution < -0.4 is 10.6 Å². The Balaban J connectivity index is 1.41. The summed E-state index contributed by atoms with van der Waals surface area (Å²) in [5.74, 6) is 0.713. The number of carbonyl (C=O) groups is 1. The molecule has 0 bridgehead atoms. The van der Waals surface area contributed by atoms with Gasteiger partial charge in [0.25, 0.3) is 0 Å². The Labute approximate surface area is 198 Å². The van der Waals surface area contributed by atoms with E-state index in [2.05, 4.69) is 26.7 Å². The zero-order chi connectivity index (χ0) is 23.5. The average molecular weight is 453 g/mol. The number of benzene rings is 2. The molecule has 0 saturated heterocycles. The minimum absolute atomic E-state index is 0.0785. The molecule has 34 heavy (non-hydrogen) atoms. The van der Waals surface area contributed by atoms with E-state index in [1.54, 1.807) is 12.4 Å². The molecule has 5 rings (SSSR count). The van der Waals surface area contributed by atoms with E-state index in [1.807, 2.05) is 80.7 Å². The predicted octanol–water partition coefficient (Wildman–Crippen LogP) is 5.28. The predicted molar refractivity (Wildman–Crippen MR) is 134 cm³/mol. The SMILES string of the molecule is CC(NC(=O)C(C)(Cc1c[nH]c2ccccc12)NCc1cc2ccccc2o1)c1cccnc1. The molecule has 3 heterocycles. The van der Waals surface area contributed by atoms with Crippen molar-refractivity contribution in [3.8, 4) is 0 Å². The summed E-state index contributed by atoms with van der Waals surface area (Å²) in [5, 5.41) is 8.84. The summed E-state index contributed by atoms with van der Waals surface area (Å²) in [6.07, 6.45) is 6.02. The molecule has 0 aliphatic heterocycles. The van der Waals surface area contributed by atoms with Gasteiger partial charge in [-0.25, -0.2) is 0 Å². The standard InChI is InChI=1S/C28H28N4O2/c1-19(21-9-7-13-29-16-21)32-27(33)28(2,15-22-17-30-25-11-5-4-10-24(22)25)31-18-23-14-20-8-3-6-12-26(20)34-23/h3-14,16-17,19,30-31H,15,18H2,1-2H3,(H,32,33). The van der Waals surface area contributed by atoms with Crippen LogP contribution in [-0.2, 0) is 17.8 Å². The van der Waals surface area contributed by atoms with Gasteiger partial charge in [-0.3, -0.25) is 15.1 Å².